The number of carbonyl (C=O) groups is 1. The van der Waals surface area contributed by atoms with Crippen molar-refractivity contribution in [1.82, 2.24) is 15.6 Å². The van der Waals surface area contributed by atoms with Crippen molar-refractivity contribution in [2.24, 2.45) is 0 Å². The van der Waals surface area contributed by atoms with E-state index in [-0.39, 0.29) is 12.5 Å². The van der Waals surface area contributed by atoms with Gasteiger partial charge in [0, 0.05) is 26.8 Å². The highest BCUT2D eigenvalue weighted by Crippen LogP contribution is 2.08. The molecule has 21 heavy (non-hydrogen) atoms. The molecule has 6 nitrogen and oxygen atoms in total. The minimum atomic E-state index is -0.139. The SMILES string of the molecule is CCCNCc1ccc(OCC(=O)NCCCOC)cn1. The summed E-state index contributed by atoms with van der Waals surface area (Å²) in [4.78, 5) is 15.8. The van der Waals surface area contributed by atoms with Gasteiger partial charge in [-0.25, -0.2) is 0 Å². The van der Waals surface area contributed by atoms with Gasteiger partial charge < -0.3 is 20.1 Å². The maximum Gasteiger partial charge on any atom is 0.257 e. The number of nitrogens with zero attached hydrogens (tertiary/aromatic N) is 1. The minimum absolute atomic E-state index is 0.00208. The van der Waals surface area contributed by atoms with Crippen LogP contribution in [0.1, 0.15) is 25.5 Å². The Morgan fingerprint density at radius 1 is 1.33 bits per heavy atom. The molecule has 0 saturated heterocycles. The molecule has 0 aliphatic heterocycles. The third-order valence-electron chi connectivity index (χ3n) is 2.75. The van der Waals surface area contributed by atoms with Crippen molar-refractivity contribution in [2.75, 3.05) is 33.4 Å². The fourth-order valence-electron chi connectivity index (χ4n) is 1.64. The molecule has 0 aliphatic rings. The van der Waals surface area contributed by atoms with Crippen molar-refractivity contribution in [2.45, 2.75) is 26.3 Å². The number of aromatic nitrogens is 1. The molecule has 1 rings (SSSR count). The second-order valence-corrected chi connectivity index (χ2v) is 4.65. The zero-order chi connectivity index (χ0) is 15.3. The van der Waals surface area contributed by atoms with E-state index in [1.54, 1.807) is 13.3 Å². The number of hydrogen-bond acceptors (Lipinski definition) is 5. The molecule has 118 valence electrons. The first kappa shape index (κ1) is 17.4. The summed E-state index contributed by atoms with van der Waals surface area (Å²) in [6.07, 6.45) is 3.53. The third-order valence-corrected chi connectivity index (χ3v) is 2.75. The average molecular weight is 295 g/mol. The van der Waals surface area contributed by atoms with Gasteiger partial charge in [0.05, 0.1) is 11.9 Å². The molecular formula is C15H25N3O3. The van der Waals surface area contributed by atoms with Crippen LogP contribution in [0.15, 0.2) is 18.3 Å². The van der Waals surface area contributed by atoms with Crippen molar-refractivity contribution in [1.29, 1.82) is 0 Å². The number of amides is 1. The van der Waals surface area contributed by atoms with E-state index in [1.165, 1.54) is 0 Å². The van der Waals surface area contributed by atoms with Gasteiger partial charge >= 0.3 is 0 Å². The number of carbonyl (C=O) groups excluding carboxylic acids is 1. The van der Waals surface area contributed by atoms with Gasteiger partial charge in [0.15, 0.2) is 6.61 Å². The van der Waals surface area contributed by atoms with Gasteiger partial charge in [0.25, 0.3) is 5.91 Å². The fourth-order valence-corrected chi connectivity index (χ4v) is 1.64. The fraction of sp³-hybridized carbons (Fsp3) is 0.600. The van der Waals surface area contributed by atoms with Gasteiger partial charge in [0.2, 0.25) is 0 Å². The summed E-state index contributed by atoms with van der Waals surface area (Å²) in [5, 5.41) is 6.04. The first-order chi connectivity index (χ1) is 10.3. The van der Waals surface area contributed by atoms with E-state index in [2.05, 4.69) is 22.5 Å². The molecule has 0 aromatic carbocycles. The highest BCUT2D eigenvalue weighted by Gasteiger charge is 2.02. The summed E-state index contributed by atoms with van der Waals surface area (Å²) in [5.74, 6) is 0.459. The summed E-state index contributed by atoms with van der Waals surface area (Å²) in [5.41, 5.74) is 0.958. The van der Waals surface area contributed by atoms with Crippen LogP contribution in [0.25, 0.3) is 0 Å². The highest BCUT2D eigenvalue weighted by atomic mass is 16.5. The van der Waals surface area contributed by atoms with Gasteiger partial charge in [0.1, 0.15) is 5.75 Å². The Balaban J connectivity index is 2.21. The lowest BCUT2D eigenvalue weighted by Gasteiger charge is -2.08. The van der Waals surface area contributed by atoms with Gasteiger partial charge in [-0.15, -0.1) is 0 Å². The highest BCUT2D eigenvalue weighted by molar-refractivity contribution is 5.77. The Kier molecular flexibility index (Phi) is 9.15. The smallest absolute Gasteiger partial charge is 0.257 e. The van der Waals surface area contributed by atoms with E-state index in [0.29, 0.717) is 18.9 Å². The first-order valence-electron chi connectivity index (χ1n) is 7.30. The number of rotatable bonds is 11. The Morgan fingerprint density at radius 2 is 2.19 bits per heavy atom. The Hall–Kier alpha value is -1.66. The predicted molar refractivity (Wildman–Crippen MR) is 81.2 cm³/mol. The van der Waals surface area contributed by atoms with E-state index in [0.717, 1.165) is 31.6 Å². The van der Waals surface area contributed by atoms with Crippen molar-refractivity contribution >= 4 is 5.91 Å². The molecule has 0 spiro atoms. The number of pyridine rings is 1. The molecule has 2 N–H and O–H groups in total. The number of hydrogen-bond donors (Lipinski definition) is 2. The van der Waals surface area contributed by atoms with E-state index >= 15 is 0 Å². The molecule has 0 unspecified atom stereocenters. The molecule has 0 atom stereocenters. The van der Waals surface area contributed by atoms with Crippen LogP contribution in [-0.4, -0.2) is 44.3 Å². The van der Waals surface area contributed by atoms with Crippen LogP contribution in [0, 0.1) is 0 Å². The molecule has 0 radical (unpaired) electrons. The van der Waals surface area contributed by atoms with Crippen LogP contribution in [0.2, 0.25) is 0 Å². The zero-order valence-electron chi connectivity index (χ0n) is 12.9. The van der Waals surface area contributed by atoms with Crippen molar-refractivity contribution in [3.63, 3.8) is 0 Å². The minimum Gasteiger partial charge on any atom is -0.482 e. The van der Waals surface area contributed by atoms with Crippen LogP contribution >= 0.6 is 0 Å². The summed E-state index contributed by atoms with van der Waals surface area (Å²) >= 11 is 0. The predicted octanol–water partition coefficient (Wildman–Crippen LogP) is 1.11. The van der Waals surface area contributed by atoms with Gasteiger partial charge in [-0.05, 0) is 31.5 Å². The van der Waals surface area contributed by atoms with Crippen LogP contribution in [0.3, 0.4) is 0 Å². The second-order valence-electron chi connectivity index (χ2n) is 4.65. The maximum atomic E-state index is 11.5. The molecule has 0 saturated carbocycles. The topological polar surface area (TPSA) is 72.5 Å². The van der Waals surface area contributed by atoms with Crippen molar-refractivity contribution in [3.05, 3.63) is 24.0 Å². The molecule has 0 fully saturated rings. The molecule has 1 amide bonds. The second kappa shape index (κ2) is 11.0. The van der Waals surface area contributed by atoms with Crippen LogP contribution in [0.4, 0.5) is 0 Å². The number of nitrogens with one attached hydrogen (secondary N) is 2. The standard InChI is InChI=1S/C15H25N3O3/c1-3-7-16-10-13-5-6-14(11-18-13)21-12-15(19)17-8-4-9-20-2/h5-6,11,16H,3-4,7-10,12H2,1-2H3,(H,17,19). The molecule has 1 aromatic heterocycles. The van der Waals surface area contributed by atoms with Crippen LogP contribution < -0.4 is 15.4 Å². The zero-order valence-corrected chi connectivity index (χ0v) is 12.9. The van der Waals surface area contributed by atoms with E-state index < -0.39 is 0 Å². The summed E-state index contributed by atoms with van der Waals surface area (Å²) in [7, 11) is 1.64. The lowest BCUT2D eigenvalue weighted by atomic mass is 10.3. The number of methoxy groups -OCH3 is 1. The molecule has 1 aromatic rings. The van der Waals surface area contributed by atoms with Crippen LogP contribution in [0.5, 0.6) is 5.75 Å². The molecule has 1 heterocycles. The average Bonchev–Trinajstić information content (AvgIpc) is 2.51. The first-order valence-corrected chi connectivity index (χ1v) is 7.30. The van der Waals surface area contributed by atoms with Crippen molar-refractivity contribution < 1.29 is 14.3 Å². The summed E-state index contributed by atoms with van der Waals surface area (Å²) < 4.78 is 10.3. The van der Waals surface area contributed by atoms with E-state index in [4.69, 9.17) is 9.47 Å². The maximum absolute atomic E-state index is 11.5. The molecular weight excluding hydrogens is 270 g/mol. The van der Waals surface area contributed by atoms with Crippen molar-refractivity contribution in [3.8, 4) is 5.75 Å². The summed E-state index contributed by atoms with van der Waals surface area (Å²) in [6, 6.07) is 3.72. The lowest BCUT2D eigenvalue weighted by Crippen LogP contribution is -2.30. The summed E-state index contributed by atoms with van der Waals surface area (Å²) in [6.45, 7) is 5.08. The van der Waals surface area contributed by atoms with Gasteiger partial charge in [-0.1, -0.05) is 6.92 Å². The largest absolute Gasteiger partial charge is 0.482 e. The Morgan fingerprint density at radius 3 is 2.86 bits per heavy atom. The molecule has 6 heteroatoms. The Labute approximate surface area is 126 Å². The lowest BCUT2D eigenvalue weighted by molar-refractivity contribution is -0.123. The van der Waals surface area contributed by atoms with Gasteiger partial charge in [-0.3, -0.25) is 9.78 Å². The van der Waals surface area contributed by atoms with Gasteiger partial charge in [-0.2, -0.15) is 0 Å². The molecule has 0 bridgehead atoms. The quantitative estimate of drug-likeness (QED) is 0.598. The number of ether oxygens (including phenoxy) is 2. The molecule has 0 aliphatic carbocycles. The van der Waals surface area contributed by atoms with Crippen LogP contribution in [-0.2, 0) is 16.1 Å². The van der Waals surface area contributed by atoms with E-state index in [9.17, 15) is 4.79 Å². The Bertz CT molecular complexity index is 396. The van der Waals surface area contributed by atoms with E-state index in [1.807, 2.05) is 12.1 Å². The monoisotopic (exact) mass is 295 g/mol. The third kappa shape index (κ3) is 8.27. The normalized spacial score (nSPS) is 10.4.